The molecule has 1 N–H and O–H groups in total. The molecule has 0 spiro atoms. The molecule has 0 saturated carbocycles. The van der Waals surface area contributed by atoms with Gasteiger partial charge >= 0.3 is 5.97 Å². The van der Waals surface area contributed by atoms with Crippen molar-refractivity contribution in [3.8, 4) is 0 Å². The molecule has 28 heavy (non-hydrogen) atoms. The zero-order valence-corrected chi connectivity index (χ0v) is 17.5. The van der Waals surface area contributed by atoms with Crippen LogP contribution in [0.5, 0.6) is 0 Å². The zero-order chi connectivity index (χ0) is 20.7. The van der Waals surface area contributed by atoms with E-state index in [2.05, 4.69) is 5.32 Å². The topological polar surface area (TPSA) is 75.7 Å². The minimum Gasteiger partial charge on any atom is -0.465 e. The molecule has 0 saturated heterocycles. The van der Waals surface area contributed by atoms with E-state index in [1.165, 1.54) is 7.11 Å². The molecule has 2 rings (SSSR count). The second-order valence-corrected chi connectivity index (χ2v) is 7.28. The molecule has 0 atom stereocenters. The predicted molar refractivity (Wildman–Crippen MR) is 111 cm³/mol. The Kier molecular flexibility index (Phi) is 7.75. The number of esters is 1. The summed E-state index contributed by atoms with van der Waals surface area (Å²) in [7, 11) is 1.28. The van der Waals surface area contributed by atoms with Crippen LogP contribution in [0.2, 0.25) is 0 Å². The number of hydrogen-bond acceptors (Lipinski definition) is 5. The molecule has 1 aromatic carbocycles. The highest BCUT2D eigenvalue weighted by molar-refractivity contribution is 7.18. The molecule has 1 aromatic heterocycles. The van der Waals surface area contributed by atoms with Crippen LogP contribution in [0.3, 0.4) is 0 Å². The molecule has 0 aliphatic heterocycles. The summed E-state index contributed by atoms with van der Waals surface area (Å²) in [5.74, 6) is -0.926. The minimum absolute atomic E-state index is 0.151. The first-order valence-electron chi connectivity index (χ1n) is 9.27. The summed E-state index contributed by atoms with van der Waals surface area (Å²) >= 11 is 1.12. The van der Waals surface area contributed by atoms with Crippen molar-refractivity contribution in [3.63, 3.8) is 0 Å². The van der Waals surface area contributed by atoms with Crippen LogP contribution in [0.25, 0.3) is 0 Å². The molecular formula is C21H26N2O4S. The van der Waals surface area contributed by atoms with Crippen LogP contribution in [-0.4, -0.2) is 42.9 Å². The molecule has 0 radical (unpaired) electrons. The van der Waals surface area contributed by atoms with Gasteiger partial charge in [0.05, 0.1) is 17.6 Å². The molecule has 0 aliphatic carbocycles. The maximum atomic E-state index is 12.8. The second kappa shape index (κ2) is 10.0. The van der Waals surface area contributed by atoms with E-state index >= 15 is 0 Å². The van der Waals surface area contributed by atoms with Gasteiger partial charge in [-0.05, 0) is 38.3 Å². The number of anilines is 1. The van der Waals surface area contributed by atoms with Crippen LogP contribution in [0.4, 0.5) is 5.00 Å². The van der Waals surface area contributed by atoms with Crippen molar-refractivity contribution in [2.24, 2.45) is 0 Å². The molecule has 0 aliphatic rings. The number of aryl methyl sites for hydroxylation is 1. The van der Waals surface area contributed by atoms with Crippen molar-refractivity contribution in [1.29, 1.82) is 0 Å². The lowest BCUT2D eigenvalue weighted by Crippen LogP contribution is -2.30. The smallest absolute Gasteiger partial charge is 0.341 e. The van der Waals surface area contributed by atoms with Crippen LogP contribution >= 0.6 is 11.3 Å². The van der Waals surface area contributed by atoms with Gasteiger partial charge in [-0.1, -0.05) is 30.3 Å². The van der Waals surface area contributed by atoms with Crippen LogP contribution in [-0.2, 0) is 16.0 Å². The van der Waals surface area contributed by atoms with E-state index in [-0.39, 0.29) is 23.8 Å². The first kappa shape index (κ1) is 21.6. The highest BCUT2D eigenvalue weighted by Crippen LogP contribution is 2.34. The van der Waals surface area contributed by atoms with E-state index in [1.54, 1.807) is 11.8 Å². The number of hydrogen-bond donors (Lipinski definition) is 1. The number of ether oxygens (including phenoxy) is 1. The van der Waals surface area contributed by atoms with Crippen molar-refractivity contribution < 1.29 is 19.1 Å². The summed E-state index contributed by atoms with van der Waals surface area (Å²) in [5.41, 5.74) is 1.84. The van der Waals surface area contributed by atoms with Gasteiger partial charge in [-0.3, -0.25) is 9.59 Å². The zero-order valence-electron chi connectivity index (χ0n) is 16.7. The number of amides is 2. The van der Waals surface area contributed by atoms with Gasteiger partial charge in [0.15, 0.2) is 0 Å². The summed E-state index contributed by atoms with van der Waals surface area (Å²) in [6.45, 7) is 6.65. The fraction of sp³-hybridized carbons (Fsp3) is 0.381. The third-order valence-corrected chi connectivity index (χ3v) is 5.71. The molecule has 2 amide bonds. The summed E-state index contributed by atoms with van der Waals surface area (Å²) in [4.78, 5) is 39.6. The van der Waals surface area contributed by atoms with Gasteiger partial charge in [-0.25, -0.2) is 4.79 Å². The fourth-order valence-corrected chi connectivity index (χ4v) is 4.08. The third kappa shape index (κ3) is 4.98. The molecule has 2 aromatic rings. The Bertz CT molecular complexity index is 842. The lowest BCUT2D eigenvalue weighted by atomic mass is 10.1. The third-order valence-electron chi connectivity index (χ3n) is 4.52. The number of carbonyl (C=O) groups excluding carboxylic acids is 3. The molecule has 0 unspecified atom stereocenters. The van der Waals surface area contributed by atoms with E-state index in [9.17, 15) is 14.4 Å². The number of methoxy groups -OCH3 is 1. The average molecular weight is 403 g/mol. The lowest BCUT2D eigenvalue weighted by molar-refractivity contribution is -0.116. The van der Waals surface area contributed by atoms with E-state index in [0.717, 1.165) is 16.9 Å². The first-order chi connectivity index (χ1) is 13.4. The number of carbonyl (C=O) groups is 3. The Labute approximate surface area is 169 Å². The van der Waals surface area contributed by atoms with Gasteiger partial charge in [-0.2, -0.15) is 0 Å². The highest BCUT2D eigenvalue weighted by Gasteiger charge is 2.27. The van der Waals surface area contributed by atoms with Gasteiger partial charge in [0.2, 0.25) is 5.91 Å². The Morgan fingerprint density at radius 2 is 1.75 bits per heavy atom. The highest BCUT2D eigenvalue weighted by atomic mass is 32.1. The van der Waals surface area contributed by atoms with E-state index < -0.39 is 5.97 Å². The number of nitrogens with one attached hydrogen (secondary N) is 1. The van der Waals surface area contributed by atoms with Gasteiger partial charge in [0.1, 0.15) is 5.00 Å². The van der Waals surface area contributed by atoms with Crippen LogP contribution in [0.1, 0.15) is 51.4 Å². The molecule has 6 nitrogen and oxygen atoms in total. The normalized spacial score (nSPS) is 10.4. The lowest BCUT2D eigenvalue weighted by Gasteiger charge is -2.17. The standard InChI is InChI=1S/C21H26N2O4S/c1-5-23(6-2)20(25)18-14(3)17(21(26)27-4)19(28-18)22-16(24)13-12-15-10-8-7-9-11-15/h7-11H,5-6,12-13H2,1-4H3,(H,22,24). The van der Waals surface area contributed by atoms with Crippen LogP contribution in [0.15, 0.2) is 30.3 Å². The predicted octanol–water partition coefficient (Wildman–Crippen LogP) is 3.90. The summed E-state index contributed by atoms with van der Waals surface area (Å²) in [6.07, 6.45) is 0.872. The molecule has 150 valence electrons. The quantitative estimate of drug-likeness (QED) is 0.680. The van der Waals surface area contributed by atoms with Crippen LogP contribution in [0, 0.1) is 6.92 Å². The second-order valence-electron chi connectivity index (χ2n) is 6.26. The SMILES string of the molecule is CCN(CC)C(=O)c1sc(NC(=O)CCc2ccccc2)c(C(=O)OC)c1C. The fourth-order valence-electron chi connectivity index (χ4n) is 2.90. The molecule has 0 fully saturated rings. The van der Waals surface area contributed by atoms with E-state index in [4.69, 9.17) is 4.74 Å². The monoisotopic (exact) mass is 402 g/mol. The largest absolute Gasteiger partial charge is 0.465 e. The van der Waals surface area contributed by atoms with Gasteiger partial charge in [-0.15, -0.1) is 11.3 Å². The molecule has 1 heterocycles. The maximum absolute atomic E-state index is 12.8. The number of thiophene rings is 1. The molecular weight excluding hydrogens is 376 g/mol. The van der Waals surface area contributed by atoms with Gasteiger partial charge < -0.3 is 15.0 Å². The van der Waals surface area contributed by atoms with Gasteiger partial charge in [0.25, 0.3) is 5.91 Å². The Morgan fingerprint density at radius 3 is 2.32 bits per heavy atom. The average Bonchev–Trinajstić information content (AvgIpc) is 3.03. The summed E-state index contributed by atoms with van der Waals surface area (Å²) < 4.78 is 4.87. The van der Waals surface area contributed by atoms with Crippen LogP contribution < -0.4 is 5.32 Å². The van der Waals surface area contributed by atoms with Crippen molar-refractivity contribution in [3.05, 3.63) is 51.9 Å². The Morgan fingerprint density at radius 1 is 1.11 bits per heavy atom. The molecule has 0 bridgehead atoms. The first-order valence-corrected chi connectivity index (χ1v) is 10.1. The van der Waals surface area contributed by atoms with E-state index in [0.29, 0.717) is 35.0 Å². The molecule has 7 heteroatoms. The summed E-state index contributed by atoms with van der Waals surface area (Å²) in [5, 5.41) is 3.15. The summed E-state index contributed by atoms with van der Waals surface area (Å²) in [6, 6.07) is 9.70. The Balaban J connectivity index is 2.24. The van der Waals surface area contributed by atoms with Crippen molar-refractivity contribution >= 4 is 34.1 Å². The van der Waals surface area contributed by atoms with Gasteiger partial charge in [0, 0.05) is 19.5 Å². The maximum Gasteiger partial charge on any atom is 0.341 e. The van der Waals surface area contributed by atoms with Crippen molar-refractivity contribution in [2.45, 2.75) is 33.6 Å². The van der Waals surface area contributed by atoms with E-state index in [1.807, 2.05) is 44.2 Å². The number of rotatable bonds is 8. The number of nitrogens with zero attached hydrogens (tertiary/aromatic N) is 1. The Hall–Kier alpha value is -2.67. The van der Waals surface area contributed by atoms with Crippen molar-refractivity contribution in [2.75, 3.05) is 25.5 Å². The van der Waals surface area contributed by atoms with Crippen molar-refractivity contribution in [1.82, 2.24) is 4.90 Å². The number of benzene rings is 1. The minimum atomic E-state index is -0.564.